The van der Waals surface area contributed by atoms with E-state index in [-0.39, 0.29) is 5.91 Å². The van der Waals surface area contributed by atoms with Gasteiger partial charge in [0.05, 0.1) is 17.9 Å². The monoisotopic (exact) mass is 517 g/mol. The summed E-state index contributed by atoms with van der Waals surface area (Å²) in [6.45, 7) is 4.43. The lowest BCUT2D eigenvalue weighted by molar-refractivity contribution is -0.122. The Balaban J connectivity index is 4.14. The van der Waals surface area contributed by atoms with Gasteiger partial charge in [-0.25, -0.2) is 0 Å². The molecular formula is C28H55NO5S. The summed E-state index contributed by atoms with van der Waals surface area (Å²) in [6.07, 6.45) is 24.9. The molecule has 0 aromatic rings. The van der Waals surface area contributed by atoms with Gasteiger partial charge in [0.2, 0.25) is 5.91 Å². The molecule has 0 aliphatic heterocycles. The molecule has 0 radical (unpaired) electrons. The summed E-state index contributed by atoms with van der Waals surface area (Å²) in [4.78, 5) is 12.3. The first-order valence-electron chi connectivity index (χ1n) is 14.4. The van der Waals surface area contributed by atoms with Crippen LogP contribution in [0, 0.1) is 0 Å². The van der Waals surface area contributed by atoms with Crippen LogP contribution in [-0.4, -0.2) is 41.9 Å². The van der Waals surface area contributed by atoms with E-state index in [1.54, 1.807) is 6.08 Å². The molecule has 0 aliphatic rings. The maximum atomic E-state index is 12.3. The Morgan fingerprint density at radius 3 is 1.63 bits per heavy atom. The Morgan fingerprint density at radius 2 is 1.17 bits per heavy atom. The highest BCUT2D eigenvalue weighted by molar-refractivity contribution is 7.85. The van der Waals surface area contributed by atoms with Crippen LogP contribution in [0.4, 0.5) is 0 Å². The number of aliphatic hydroxyl groups is 1. The molecule has 0 spiro atoms. The van der Waals surface area contributed by atoms with Gasteiger partial charge in [-0.3, -0.25) is 9.35 Å². The van der Waals surface area contributed by atoms with Crippen LogP contribution < -0.4 is 5.32 Å². The number of amides is 1. The number of hydrogen-bond donors (Lipinski definition) is 3. The van der Waals surface area contributed by atoms with Crippen molar-refractivity contribution in [3.8, 4) is 0 Å². The number of aliphatic hydroxyl groups excluding tert-OH is 1. The van der Waals surface area contributed by atoms with E-state index >= 15 is 0 Å². The van der Waals surface area contributed by atoms with E-state index in [1.807, 2.05) is 6.08 Å². The van der Waals surface area contributed by atoms with Gasteiger partial charge < -0.3 is 10.4 Å². The minimum atomic E-state index is -4.32. The molecule has 208 valence electrons. The Labute approximate surface area is 216 Å². The first kappa shape index (κ1) is 34.1. The van der Waals surface area contributed by atoms with Crippen LogP contribution in [0.5, 0.6) is 0 Å². The number of unbranched alkanes of at least 4 members (excludes halogenated alkanes) is 17. The third-order valence-electron chi connectivity index (χ3n) is 6.46. The van der Waals surface area contributed by atoms with Crippen molar-refractivity contribution in [1.29, 1.82) is 0 Å². The average molecular weight is 518 g/mol. The zero-order valence-corrected chi connectivity index (χ0v) is 23.5. The van der Waals surface area contributed by atoms with Crippen LogP contribution in [0.1, 0.15) is 142 Å². The van der Waals surface area contributed by atoms with Crippen molar-refractivity contribution in [1.82, 2.24) is 5.32 Å². The summed E-state index contributed by atoms with van der Waals surface area (Å²) in [7, 11) is -4.32. The fourth-order valence-corrected chi connectivity index (χ4v) is 5.00. The average Bonchev–Trinajstić information content (AvgIpc) is 2.80. The number of carbonyl (C=O) groups is 1. The molecule has 6 nitrogen and oxygen atoms in total. The van der Waals surface area contributed by atoms with E-state index in [9.17, 15) is 22.9 Å². The molecule has 2 unspecified atom stereocenters. The van der Waals surface area contributed by atoms with Crippen LogP contribution in [0.25, 0.3) is 0 Å². The minimum absolute atomic E-state index is 0.285. The van der Waals surface area contributed by atoms with Gasteiger partial charge in [0.15, 0.2) is 0 Å². The number of rotatable bonds is 25. The van der Waals surface area contributed by atoms with E-state index in [1.165, 1.54) is 83.5 Å². The molecule has 7 heteroatoms. The predicted molar refractivity (Wildman–Crippen MR) is 147 cm³/mol. The van der Waals surface area contributed by atoms with Gasteiger partial charge >= 0.3 is 0 Å². The first-order chi connectivity index (χ1) is 16.8. The number of hydrogen-bond acceptors (Lipinski definition) is 4. The quantitative estimate of drug-likeness (QED) is 0.0679. The molecule has 0 saturated carbocycles. The second kappa shape index (κ2) is 23.5. The predicted octanol–water partition coefficient (Wildman–Crippen LogP) is 7.12. The normalized spacial score (nSPS) is 13.8. The molecule has 3 N–H and O–H groups in total. The van der Waals surface area contributed by atoms with E-state index in [0.717, 1.165) is 38.5 Å². The molecule has 2 atom stereocenters. The molecule has 0 heterocycles. The second-order valence-corrected chi connectivity index (χ2v) is 11.5. The van der Waals surface area contributed by atoms with Crippen LogP contribution in [0.3, 0.4) is 0 Å². The Kier molecular flexibility index (Phi) is 22.9. The van der Waals surface area contributed by atoms with Crippen molar-refractivity contribution in [2.45, 2.75) is 154 Å². The maximum absolute atomic E-state index is 12.3. The Morgan fingerprint density at radius 1 is 0.743 bits per heavy atom. The van der Waals surface area contributed by atoms with Gasteiger partial charge in [-0.2, -0.15) is 8.42 Å². The fourth-order valence-electron chi connectivity index (χ4n) is 4.27. The molecule has 0 aromatic carbocycles. The second-order valence-electron chi connectivity index (χ2n) is 10.0. The van der Waals surface area contributed by atoms with Crippen molar-refractivity contribution in [3.05, 3.63) is 12.2 Å². The highest BCUT2D eigenvalue weighted by Crippen LogP contribution is 2.12. The Bertz CT molecular complexity index is 621. The van der Waals surface area contributed by atoms with Gasteiger partial charge in [-0.05, 0) is 19.3 Å². The zero-order chi connectivity index (χ0) is 26.2. The molecular weight excluding hydrogens is 462 g/mol. The molecule has 0 rings (SSSR count). The van der Waals surface area contributed by atoms with Gasteiger partial charge in [0.1, 0.15) is 0 Å². The first-order valence-corrected chi connectivity index (χ1v) is 16.0. The summed E-state index contributed by atoms with van der Waals surface area (Å²) >= 11 is 0. The van der Waals surface area contributed by atoms with Gasteiger partial charge in [0.25, 0.3) is 10.1 Å². The van der Waals surface area contributed by atoms with E-state index in [0.29, 0.717) is 6.42 Å². The number of nitrogens with one attached hydrogen (secondary N) is 1. The lowest BCUT2D eigenvalue weighted by Gasteiger charge is -2.21. The summed E-state index contributed by atoms with van der Waals surface area (Å²) in [5.74, 6) is -0.980. The highest BCUT2D eigenvalue weighted by Gasteiger charge is 2.24. The Hall–Kier alpha value is -0.920. The van der Waals surface area contributed by atoms with E-state index in [2.05, 4.69) is 19.2 Å². The lowest BCUT2D eigenvalue weighted by Crippen LogP contribution is -2.46. The summed E-state index contributed by atoms with van der Waals surface area (Å²) in [5, 5.41) is 13.0. The van der Waals surface area contributed by atoms with Crippen LogP contribution in [0.2, 0.25) is 0 Å². The van der Waals surface area contributed by atoms with Crippen LogP contribution >= 0.6 is 0 Å². The van der Waals surface area contributed by atoms with Crippen molar-refractivity contribution >= 4 is 16.0 Å². The van der Waals surface area contributed by atoms with Gasteiger partial charge in [0, 0.05) is 6.42 Å². The molecule has 0 fully saturated rings. The standard InChI is InChI=1S/C28H55NO5S/c1-3-5-7-9-11-13-14-15-16-17-19-21-23-27(30)26(25-35(32,33)34)29-28(31)24-22-20-18-12-10-8-6-4-2/h21,23,26-27,30H,3-20,22,24-25H2,1-2H3,(H,29,31)(H,32,33,34)/b23-21+. The van der Waals surface area contributed by atoms with Gasteiger partial charge in [-0.1, -0.05) is 129 Å². The molecule has 1 amide bonds. The zero-order valence-electron chi connectivity index (χ0n) is 22.7. The van der Waals surface area contributed by atoms with Crippen LogP contribution in [-0.2, 0) is 14.9 Å². The summed E-state index contributed by atoms with van der Waals surface area (Å²) in [5.41, 5.74) is 0. The molecule has 0 aliphatic carbocycles. The third-order valence-corrected chi connectivity index (χ3v) is 7.24. The molecule has 0 saturated heterocycles. The SMILES string of the molecule is CCCCCCCCCCCC/C=C/C(O)C(CS(=O)(=O)O)NC(=O)CCCCCCCCCC. The molecule has 35 heavy (non-hydrogen) atoms. The minimum Gasteiger partial charge on any atom is -0.387 e. The van der Waals surface area contributed by atoms with Crippen molar-refractivity contribution in [3.63, 3.8) is 0 Å². The topological polar surface area (TPSA) is 104 Å². The number of allylic oxidation sites excluding steroid dienone is 1. The highest BCUT2D eigenvalue weighted by atomic mass is 32.2. The van der Waals surface area contributed by atoms with Crippen molar-refractivity contribution < 1.29 is 22.9 Å². The molecule has 0 aromatic heterocycles. The lowest BCUT2D eigenvalue weighted by atomic mass is 10.1. The third kappa shape index (κ3) is 24.5. The van der Waals surface area contributed by atoms with Crippen LogP contribution in [0.15, 0.2) is 12.2 Å². The van der Waals surface area contributed by atoms with Crippen molar-refractivity contribution in [2.75, 3.05) is 5.75 Å². The van der Waals surface area contributed by atoms with E-state index < -0.39 is 28.0 Å². The van der Waals surface area contributed by atoms with Gasteiger partial charge in [-0.15, -0.1) is 0 Å². The smallest absolute Gasteiger partial charge is 0.267 e. The largest absolute Gasteiger partial charge is 0.387 e. The maximum Gasteiger partial charge on any atom is 0.267 e. The van der Waals surface area contributed by atoms with E-state index in [4.69, 9.17) is 0 Å². The summed E-state index contributed by atoms with van der Waals surface area (Å²) < 4.78 is 32.0. The van der Waals surface area contributed by atoms with Crippen molar-refractivity contribution in [2.24, 2.45) is 0 Å². The summed E-state index contributed by atoms with van der Waals surface area (Å²) in [6, 6.07) is -1.05. The number of carbonyl (C=O) groups excluding carboxylic acids is 1. The molecule has 0 bridgehead atoms. The fraction of sp³-hybridized carbons (Fsp3) is 0.893.